The van der Waals surface area contributed by atoms with Gasteiger partial charge in [-0.1, -0.05) is 25.5 Å². The van der Waals surface area contributed by atoms with Crippen molar-refractivity contribution in [3.8, 4) is 0 Å². The predicted molar refractivity (Wildman–Crippen MR) is 115 cm³/mol. The SMILES string of the molecule is CCOC(=O)C=C(C=CC(CS)CC(CS)C(CC)CS)CS. The van der Waals surface area contributed by atoms with Crippen LogP contribution in [-0.4, -0.2) is 35.6 Å². The van der Waals surface area contributed by atoms with Gasteiger partial charge in [0.2, 0.25) is 0 Å². The van der Waals surface area contributed by atoms with Gasteiger partial charge < -0.3 is 4.74 Å². The molecule has 0 radical (unpaired) electrons. The number of rotatable bonds is 12. The van der Waals surface area contributed by atoms with Crippen molar-refractivity contribution in [1.82, 2.24) is 0 Å². The van der Waals surface area contributed by atoms with Crippen LogP contribution < -0.4 is 0 Å². The largest absolute Gasteiger partial charge is 0.463 e. The van der Waals surface area contributed by atoms with Crippen LogP contribution in [0.4, 0.5) is 0 Å². The van der Waals surface area contributed by atoms with E-state index in [0.717, 1.165) is 35.7 Å². The minimum atomic E-state index is -0.321. The van der Waals surface area contributed by atoms with Gasteiger partial charge in [-0.3, -0.25) is 0 Å². The second-order valence-corrected chi connectivity index (χ2v) is 6.87. The molecule has 0 amide bonds. The maximum atomic E-state index is 11.5. The maximum absolute atomic E-state index is 11.5. The molecule has 3 unspecified atom stereocenters. The average Bonchev–Trinajstić information content (AvgIpc) is 2.56. The summed E-state index contributed by atoms with van der Waals surface area (Å²) in [5.74, 6) is 4.13. The molecule has 0 fully saturated rings. The van der Waals surface area contributed by atoms with Crippen LogP contribution >= 0.6 is 50.5 Å². The molecule has 0 saturated carbocycles. The Morgan fingerprint density at radius 1 is 1.04 bits per heavy atom. The monoisotopic (exact) mass is 394 g/mol. The van der Waals surface area contributed by atoms with Crippen LogP contribution in [0.25, 0.3) is 0 Å². The van der Waals surface area contributed by atoms with Crippen molar-refractivity contribution in [2.45, 2.75) is 26.7 Å². The van der Waals surface area contributed by atoms with Crippen LogP contribution in [0, 0.1) is 17.8 Å². The van der Waals surface area contributed by atoms with Gasteiger partial charge in [-0.2, -0.15) is 50.5 Å². The highest BCUT2D eigenvalue weighted by molar-refractivity contribution is 7.80. The highest BCUT2D eigenvalue weighted by Gasteiger charge is 2.20. The Hall–Kier alpha value is 0.350. The molecule has 0 aromatic rings. The first-order valence-corrected chi connectivity index (χ1v) is 10.6. The normalized spacial score (nSPS) is 16.3. The Balaban J connectivity index is 4.86. The van der Waals surface area contributed by atoms with Gasteiger partial charge in [0.05, 0.1) is 6.61 Å². The first-order valence-electron chi connectivity index (χ1n) is 8.05. The molecular formula is C17H30O2S4. The van der Waals surface area contributed by atoms with Gasteiger partial charge in [0.1, 0.15) is 0 Å². The van der Waals surface area contributed by atoms with E-state index in [0.29, 0.717) is 30.1 Å². The number of hydrogen-bond acceptors (Lipinski definition) is 6. The second kappa shape index (κ2) is 14.7. The minimum absolute atomic E-state index is 0.321. The smallest absolute Gasteiger partial charge is 0.331 e. The van der Waals surface area contributed by atoms with Crippen LogP contribution in [0.1, 0.15) is 26.7 Å². The number of allylic oxidation sites excluding steroid dienone is 2. The van der Waals surface area contributed by atoms with E-state index < -0.39 is 0 Å². The molecule has 23 heavy (non-hydrogen) atoms. The minimum Gasteiger partial charge on any atom is -0.463 e. The molecule has 0 heterocycles. The molecule has 0 aliphatic heterocycles. The molecule has 134 valence electrons. The zero-order valence-corrected chi connectivity index (χ0v) is 17.6. The van der Waals surface area contributed by atoms with E-state index in [4.69, 9.17) is 4.74 Å². The fourth-order valence-electron chi connectivity index (χ4n) is 2.37. The summed E-state index contributed by atoms with van der Waals surface area (Å²) >= 11 is 17.7. The van der Waals surface area contributed by atoms with Gasteiger partial charge in [-0.25, -0.2) is 4.79 Å². The topological polar surface area (TPSA) is 26.3 Å². The molecule has 0 rings (SSSR count). The Bertz CT molecular complexity index is 379. The van der Waals surface area contributed by atoms with E-state index in [1.165, 1.54) is 6.08 Å². The first kappa shape index (κ1) is 23.4. The summed E-state index contributed by atoms with van der Waals surface area (Å²) < 4.78 is 4.93. The van der Waals surface area contributed by atoms with Crippen molar-refractivity contribution in [3.05, 3.63) is 23.8 Å². The molecule has 0 bridgehead atoms. The predicted octanol–water partition coefficient (Wildman–Crippen LogP) is 4.40. The molecule has 0 aliphatic carbocycles. The third kappa shape index (κ3) is 10.0. The fraction of sp³-hybridized carbons (Fsp3) is 0.706. The number of thiol groups is 4. The first-order chi connectivity index (χ1) is 11.1. The van der Waals surface area contributed by atoms with Gasteiger partial charge in [0.15, 0.2) is 0 Å². The lowest BCUT2D eigenvalue weighted by Gasteiger charge is -2.26. The molecule has 0 N–H and O–H groups in total. The molecular weight excluding hydrogens is 364 g/mol. The lowest BCUT2D eigenvalue weighted by atomic mass is 9.85. The summed E-state index contributed by atoms with van der Waals surface area (Å²) in [5, 5.41) is 0. The van der Waals surface area contributed by atoms with E-state index >= 15 is 0 Å². The van der Waals surface area contributed by atoms with E-state index in [9.17, 15) is 4.79 Å². The Labute approximate surface area is 163 Å². The van der Waals surface area contributed by atoms with Gasteiger partial charge >= 0.3 is 5.97 Å². The number of esters is 1. The highest BCUT2D eigenvalue weighted by Crippen LogP contribution is 2.27. The van der Waals surface area contributed by atoms with Crippen molar-refractivity contribution in [2.75, 3.05) is 29.6 Å². The standard InChI is InChI=1S/C17H30O2S4/c1-3-15(11-22)16(12-23)7-13(9-20)5-6-14(10-21)8-17(18)19-4-2/h5-6,8,13,15-16,20-23H,3-4,7,9-12H2,1-2H3. The van der Waals surface area contributed by atoms with Crippen molar-refractivity contribution in [3.63, 3.8) is 0 Å². The molecule has 3 atom stereocenters. The van der Waals surface area contributed by atoms with Crippen LogP contribution in [-0.2, 0) is 9.53 Å². The molecule has 0 aliphatic rings. The lowest BCUT2D eigenvalue weighted by Crippen LogP contribution is -2.21. The van der Waals surface area contributed by atoms with Crippen molar-refractivity contribution < 1.29 is 9.53 Å². The Morgan fingerprint density at radius 3 is 2.13 bits per heavy atom. The number of carbonyl (C=O) groups excluding carboxylic acids is 1. The summed E-state index contributed by atoms with van der Waals surface area (Å²) in [6.45, 7) is 4.37. The second-order valence-electron chi connectivity index (χ2n) is 5.46. The highest BCUT2D eigenvalue weighted by atomic mass is 32.1. The number of ether oxygens (including phenoxy) is 1. The van der Waals surface area contributed by atoms with Crippen molar-refractivity contribution >= 4 is 56.5 Å². The van der Waals surface area contributed by atoms with Crippen LogP contribution in [0.2, 0.25) is 0 Å². The third-order valence-electron chi connectivity index (χ3n) is 3.85. The van der Waals surface area contributed by atoms with Crippen LogP contribution in [0.5, 0.6) is 0 Å². The van der Waals surface area contributed by atoms with E-state index in [2.05, 4.69) is 63.5 Å². The third-order valence-corrected chi connectivity index (χ3v) is 5.63. The summed E-state index contributed by atoms with van der Waals surface area (Å²) in [7, 11) is 0. The summed E-state index contributed by atoms with van der Waals surface area (Å²) in [5.41, 5.74) is 0.849. The molecule has 0 spiro atoms. The zero-order chi connectivity index (χ0) is 17.7. The van der Waals surface area contributed by atoms with E-state index in [-0.39, 0.29) is 5.97 Å². The lowest BCUT2D eigenvalue weighted by molar-refractivity contribution is -0.137. The average molecular weight is 395 g/mol. The Morgan fingerprint density at radius 2 is 1.70 bits per heavy atom. The van der Waals surface area contributed by atoms with Gasteiger partial charge in [-0.05, 0) is 53.9 Å². The van der Waals surface area contributed by atoms with Gasteiger partial charge in [-0.15, -0.1) is 0 Å². The number of carbonyl (C=O) groups is 1. The molecule has 6 heteroatoms. The molecule has 0 saturated heterocycles. The van der Waals surface area contributed by atoms with E-state index in [1.54, 1.807) is 6.92 Å². The molecule has 0 aromatic carbocycles. The van der Waals surface area contributed by atoms with E-state index in [1.807, 2.05) is 6.08 Å². The number of hydrogen-bond donors (Lipinski definition) is 4. The summed E-state index contributed by atoms with van der Waals surface area (Å²) in [4.78, 5) is 11.5. The summed E-state index contributed by atoms with van der Waals surface area (Å²) in [6.07, 6.45) is 7.73. The molecule has 2 nitrogen and oxygen atoms in total. The summed E-state index contributed by atoms with van der Waals surface area (Å²) in [6, 6.07) is 0. The quantitative estimate of drug-likeness (QED) is 0.171. The fourth-order valence-corrected chi connectivity index (χ4v) is 3.84. The molecule has 0 aromatic heterocycles. The zero-order valence-electron chi connectivity index (χ0n) is 14.0. The van der Waals surface area contributed by atoms with Gasteiger partial charge in [0, 0.05) is 11.8 Å². The Kier molecular flexibility index (Phi) is 14.9. The maximum Gasteiger partial charge on any atom is 0.331 e. The van der Waals surface area contributed by atoms with Crippen molar-refractivity contribution in [2.24, 2.45) is 17.8 Å². The van der Waals surface area contributed by atoms with Crippen LogP contribution in [0.3, 0.4) is 0 Å². The van der Waals surface area contributed by atoms with Gasteiger partial charge in [0.25, 0.3) is 0 Å². The van der Waals surface area contributed by atoms with Crippen LogP contribution in [0.15, 0.2) is 23.8 Å². The van der Waals surface area contributed by atoms with Crippen molar-refractivity contribution in [1.29, 1.82) is 0 Å².